The molecule has 0 radical (unpaired) electrons. The molecule has 1 aliphatic heterocycles. The molecule has 0 amide bonds. The number of hydrogen-bond donors (Lipinski definition) is 1. The van der Waals surface area contributed by atoms with E-state index in [9.17, 15) is 0 Å². The van der Waals surface area contributed by atoms with Gasteiger partial charge in [-0.3, -0.25) is 0 Å². The van der Waals surface area contributed by atoms with E-state index in [1.165, 1.54) is 38.5 Å². The Bertz CT molecular complexity index is 221. The quantitative estimate of drug-likeness (QED) is 0.683. The third kappa shape index (κ3) is 2.63. The van der Waals surface area contributed by atoms with Gasteiger partial charge < -0.3 is 5.32 Å². The lowest BCUT2D eigenvalue weighted by molar-refractivity contribution is 0.131. The molecule has 0 bridgehead atoms. The minimum atomic E-state index is 0.723. The van der Waals surface area contributed by atoms with E-state index < -0.39 is 0 Å². The van der Waals surface area contributed by atoms with Crippen molar-refractivity contribution in [1.29, 1.82) is 0 Å². The summed E-state index contributed by atoms with van der Waals surface area (Å²) in [7, 11) is 0. The summed E-state index contributed by atoms with van der Waals surface area (Å²) in [6.07, 6.45) is 13.1. The number of rotatable bonds is 2. The van der Waals surface area contributed by atoms with Gasteiger partial charge >= 0.3 is 0 Å². The van der Waals surface area contributed by atoms with Crippen molar-refractivity contribution >= 4 is 0 Å². The summed E-state index contributed by atoms with van der Waals surface area (Å²) in [5.41, 5.74) is 0. The number of fused-ring (bicyclic) bond motifs is 1. The monoisotopic (exact) mass is 207 g/mol. The predicted molar refractivity (Wildman–Crippen MR) is 65.9 cm³/mol. The van der Waals surface area contributed by atoms with Gasteiger partial charge in [0.15, 0.2) is 0 Å². The molecule has 1 heteroatoms. The van der Waals surface area contributed by atoms with Crippen molar-refractivity contribution in [2.45, 2.75) is 64.5 Å². The van der Waals surface area contributed by atoms with Crippen molar-refractivity contribution in [3.05, 3.63) is 12.2 Å². The Labute approximate surface area is 94.3 Å². The minimum absolute atomic E-state index is 0.723. The van der Waals surface area contributed by atoms with Gasteiger partial charge in [0, 0.05) is 12.1 Å². The first-order chi connectivity index (χ1) is 7.31. The summed E-state index contributed by atoms with van der Waals surface area (Å²) >= 11 is 0. The molecule has 15 heavy (non-hydrogen) atoms. The molecule has 0 spiro atoms. The first kappa shape index (κ1) is 11.2. The highest BCUT2D eigenvalue weighted by molar-refractivity contribution is 4.94. The average molecular weight is 207 g/mol. The largest absolute Gasteiger partial charge is 0.311 e. The van der Waals surface area contributed by atoms with Crippen LogP contribution < -0.4 is 5.32 Å². The first-order valence-electron chi connectivity index (χ1n) is 6.68. The zero-order chi connectivity index (χ0) is 10.7. The molecule has 1 aliphatic carbocycles. The molecule has 0 aromatic rings. The van der Waals surface area contributed by atoms with Gasteiger partial charge in [-0.05, 0) is 51.4 Å². The second kappa shape index (κ2) is 5.16. The van der Waals surface area contributed by atoms with E-state index in [1.54, 1.807) is 0 Å². The van der Waals surface area contributed by atoms with Crippen LogP contribution in [0.25, 0.3) is 0 Å². The van der Waals surface area contributed by atoms with Crippen molar-refractivity contribution in [1.82, 2.24) is 5.32 Å². The maximum Gasteiger partial charge on any atom is 0.00980 e. The van der Waals surface area contributed by atoms with Gasteiger partial charge in [0.05, 0.1) is 0 Å². The summed E-state index contributed by atoms with van der Waals surface area (Å²) in [5, 5.41) is 3.84. The Morgan fingerprint density at radius 3 is 2.87 bits per heavy atom. The molecule has 2 rings (SSSR count). The van der Waals surface area contributed by atoms with Crippen molar-refractivity contribution in [2.75, 3.05) is 0 Å². The van der Waals surface area contributed by atoms with Crippen LogP contribution in [0.2, 0.25) is 0 Å². The first-order valence-corrected chi connectivity index (χ1v) is 6.68. The molecule has 0 aromatic carbocycles. The lowest BCUT2D eigenvalue weighted by Crippen LogP contribution is -2.51. The minimum Gasteiger partial charge on any atom is -0.311 e. The van der Waals surface area contributed by atoms with Crippen LogP contribution in [-0.2, 0) is 0 Å². The Hall–Kier alpha value is -0.300. The predicted octanol–water partition coefficient (Wildman–Crippen LogP) is 3.51. The van der Waals surface area contributed by atoms with E-state index in [-0.39, 0.29) is 0 Å². The average Bonchev–Trinajstić information content (AvgIpc) is 2.26. The van der Waals surface area contributed by atoms with E-state index in [2.05, 4.69) is 31.3 Å². The summed E-state index contributed by atoms with van der Waals surface area (Å²) in [5.74, 6) is 1.85. The highest BCUT2D eigenvalue weighted by Crippen LogP contribution is 2.36. The maximum absolute atomic E-state index is 3.84. The molecule has 1 heterocycles. The Kier molecular flexibility index (Phi) is 3.85. The van der Waals surface area contributed by atoms with Crippen LogP contribution in [0.15, 0.2) is 12.2 Å². The molecule has 3 unspecified atom stereocenters. The topological polar surface area (TPSA) is 12.0 Å². The van der Waals surface area contributed by atoms with E-state index in [0.717, 1.165) is 23.9 Å². The van der Waals surface area contributed by atoms with Gasteiger partial charge in [0.2, 0.25) is 0 Å². The molecular weight excluding hydrogens is 182 g/mol. The van der Waals surface area contributed by atoms with Crippen LogP contribution >= 0.6 is 0 Å². The highest BCUT2D eigenvalue weighted by atomic mass is 15.0. The van der Waals surface area contributed by atoms with Crippen LogP contribution in [0.1, 0.15) is 52.4 Å². The summed E-state index contributed by atoms with van der Waals surface area (Å²) in [4.78, 5) is 0. The van der Waals surface area contributed by atoms with Crippen molar-refractivity contribution in [2.24, 2.45) is 11.8 Å². The third-order valence-electron chi connectivity index (χ3n) is 4.37. The summed E-state index contributed by atoms with van der Waals surface area (Å²) < 4.78 is 0. The molecule has 4 atom stereocenters. The molecule has 2 fully saturated rings. The fraction of sp³-hybridized carbons (Fsp3) is 0.857. The van der Waals surface area contributed by atoms with E-state index >= 15 is 0 Å². The fourth-order valence-corrected chi connectivity index (χ4v) is 3.39. The number of hydrogen-bond acceptors (Lipinski definition) is 1. The fourth-order valence-electron chi connectivity index (χ4n) is 3.39. The van der Waals surface area contributed by atoms with Gasteiger partial charge in [-0.15, -0.1) is 0 Å². The second-order valence-electron chi connectivity index (χ2n) is 5.41. The molecule has 1 nitrogen and oxygen atoms in total. The highest BCUT2D eigenvalue weighted by Gasteiger charge is 2.34. The molecule has 2 aliphatic rings. The van der Waals surface area contributed by atoms with Gasteiger partial charge in [0.1, 0.15) is 0 Å². The molecule has 1 saturated heterocycles. The lowest BCUT2D eigenvalue weighted by Gasteiger charge is -2.43. The van der Waals surface area contributed by atoms with Crippen LogP contribution in [-0.4, -0.2) is 12.1 Å². The van der Waals surface area contributed by atoms with Crippen LogP contribution in [0.5, 0.6) is 0 Å². The zero-order valence-electron chi connectivity index (χ0n) is 10.2. The number of nitrogens with one attached hydrogen (secondary N) is 1. The molecule has 0 aromatic heterocycles. The van der Waals surface area contributed by atoms with Gasteiger partial charge in [0.25, 0.3) is 0 Å². The standard InChI is InChI=1S/C14H25N/c1-3-4-7-12-10-13-8-5-6-9-14(13)15-11(12)2/h3-4,11-15H,5-10H2,1-2H3/b4-3-/t11?,12?,13?,14-/m1/s1. The SMILES string of the molecule is C/C=C\CC1CC2CCCC[C@H]2NC1C. The van der Waals surface area contributed by atoms with E-state index in [1.807, 2.05) is 0 Å². The van der Waals surface area contributed by atoms with Crippen LogP contribution in [0.3, 0.4) is 0 Å². The van der Waals surface area contributed by atoms with Crippen LogP contribution in [0, 0.1) is 11.8 Å². The third-order valence-corrected chi connectivity index (χ3v) is 4.37. The molecular formula is C14H25N. The Morgan fingerprint density at radius 1 is 1.27 bits per heavy atom. The lowest BCUT2D eigenvalue weighted by atomic mass is 9.73. The molecule has 1 saturated carbocycles. The number of allylic oxidation sites excluding steroid dienone is 2. The molecule has 86 valence electrons. The number of piperidine rings is 1. The van der Waals surface area contributed by atoms with Crippen molar-refractivity contribution < 1.29 is 0 Å². The zero-order valence-corrected chi connectivity index (χ0v) is 10.2. The van der Waals surface area contributed by atoms with Crippen molar-refractivity contribution in [3.8, 4) is 0 Å². The summed E-state index contributed by atoms with van der Waals surface area (Å²) in [6.45, 7) is 4.50. The second-order valence-corrected chi connectivity index (χ2v) is 5.41. The normalized spacial score (nSPS) is 41.7. The van der Waals surface area contributed by atoms with Crippen LogP contribution in [0.4, 0.5) is 0 Å². The Morgan fingerprint density at radius 2 is 2.07 bits per heavy atom. The van der Waals surface area contributed by atoms with E-state index in [0.29, 0.717) is 0 Å². The van der Waals surface area contributed by atoms with Gasteiger partial charge in [-0.1, -0.05) is 25.0 Å². The maximum atomic E-state index is 3.84. The Balaban J connectivity index is 1.92. The van der Waals surface area contributed by atoms with E-state index in [4.69, 9.17) is 0 Å². The summed E-state index contributed by atoms with van der Waals surface area (Å²) in [6, 6.07) is 1.57. The smallest absolute Gasteiger partial charge is 0.00980 e. The van der Waals surface area contributed by atoms with Gasteiger partial charge in [-0.25, -0.2) is 0 Å². The van der Waals surface area contributed by atoms with Gasteiger partial charge in [-0.2, -0.15) is 0 Å². The molecule has 1 N–H and O–H groups in total. The van der Waals surface area contributed by atoms with Crippen molar-refractivity contribution in [3.63, 3.8) is 0 Å².